The van der Waals surface area contributed by atoms with Crippen molar-refractivity contribution in [3.63, 3.8) is 0 Å². The molecule has 0 saturated carbocycles. The van der Waals surface area contributed by atoms with Crippen molar-refractivity contribution >= 4 is 18.0 Å². The molecule has 0 bridgehead atoms. The number of hydrogen-bond donors (Lipinski definition) is 1. The topological polar surface area (TPSA) is 55.4 Å². The van der Waals surface area contributed by atoms with Crippen LogP contribution in [0.5, 0.6) is 0 Å². The summed E-state index contributed by atoms with van der Waals surface area (Å²) >= 11 is 0. The molecule has 0 saturated heterocycles. The number of aryl methyl sites for hydroxylation is 1. The summed E-state index contributed by atoms with van der Waals surface area (Å²) in [6.07, 6.45) is 3.08. The van der Waals surface area contributed by atoms with Crippen molar-refractivity contribution in [2.24, 2.45) is 0 Å². The van der Waals surface area contributed by atoms with E-state index < -0.39 is 5.97 Å². The molecule has 17 heavy (non-hydrogen) atoms. The first-order chi connectivity index (χ1) is 8.11. The molecule has 0 heterocycles. The van der Waals surface area contributed by atoms with Crippen LogP contribution in [0.2, 0.25) is 0 Å². The largest absolute Gasteiger partial charge is 0.468 e. The highest BCUT2D eigenvalue weighted by Crippen LogP contribution is 2.05. The second-order valence-electron chi connectivity index (χ2n) is 3.54. The van der Waals surface area contributed by atoms with Gasteiger partial charge in [0.25, 0.3) is 0 Å². The van der Waals surface area contributed by atoms with Gasteiger partial charge in [-0.25, -0.2) is 0 Å². The SMILES string of the molecule is COC(=O)CNC(=O)/C=C/c1cccc(C)c1. The number of carbonyl (C=O) groups is 2. The molecule has 4 nitrogen and oxygen atoms in total. The molecular formula is C13H15NO3. The summed E-state index contributed by atoms with van der Waals surface area (Å²) in [5.74, 6) is -0.792. The Labute approximate surface area is 100 Å². The van der Waals surface area contributed by atoms with Gasteiger partial charge in [0.15, 0.2) is 0 Å². The van der Waals surface area contributed by atoms with Crippen molar-refractivity contribution in [3.8, 4) is 0 Å². The van der Waals surface area contributed by atoms with Gasteiger partial charge in [0.1, 0.15) is 6.54 Å². The Morgan fingerprint density at radius 1 is 1.41 bits per heavy atom. The van der Waals surface area contributed by atoms with Crippen molar-refractivity contribution in [1.29, 1.82) is 0 Å². The summed E-state index contributed by atoms with van der Waals surface area (Å²) in [7, 11) is 1.27. The number of methoxy groups -OCH3 is 1. The number of rotatable bonds is 4. The van der Waals surface area contributed by atoms with E-state index in [1.807, 2.05) is 31.2 Å². The number of esters is 1. The fourth-order valence-electron chi connectivity index (χ4n) is 1.24. The van der Waals surface area contributed by atoms with Gasteiger partial charge in [-0.3, -0.25) is 9.59 Å². The Morgan fingerprint density at radius 3 is 2.82 bits per heavy atom. The van der Waals surface area contributed by atoms with Gasteiger partial charge in [0.05, 0.1) is 7.11 Å². The van der Waals surface area contributed by atoms with Crippen molar-refractivity contribution in [1.82, 2.24) is 5.32 Å². The second kappa shape index (κ2) is 6.48. The van der Waals surface area contributed by atoms with E-state index in [0.29, 0.717) is 0 Å². The van der Waals surface area contributed by atoms with Crippen LogP contribution in [0.3, 0.4) is 0 Å². The lowest BCUT2D eigenvalue weighted by Gasteiger charge is -1.99. The summed E-state index contributed by atoms with van der Waals surface area (Å²) in [6, 6.07) is 7.76. The normalized spacial score (nSPS) is 10.2. The van der Waals surface area contributed by atoms with Crippen LogP contribution in [-0.4, -0.2) is 25.5 Å². The number of nitrogens with one attached hydrogen (secondary N) is 1. The zero-order valence-electron chi connectivity index (χ0n) is 9.90. The summed E-state index contributed by atoms with van der Waals surface area (Å²) < 4.78 is 4.40. The molecule has 0 radical (unpaired) electrons. The molecule has 1 amide bonds. The maximum atomic E-state index is 11.3. The van der Waals surface area contributed by atoms with Gasteiger partial charge in [0.2, 0.25) is 5.91 Å². The van der Waals surface area contributed by atoms with Gasteiger partial charge >= 0.3 is 5.97 Å². The maximum Gasteiger partial charge on any atom is 0.325 e. The molecule has 0 aliphatic heterocycles. The lowest BCUT2D eigenvalue weighted by atomic mass is 10.1. The molecule has 1 aromatic rings. The Morgan fingerprint density at radius 2 is 2.18 bits per heavy atom. The lowest BCUT2D eigenvalue weighted by Crippen LogP contribution is -2.28. The van der Waals surface area contributed by atoms with Gasteiger partial charge in [-0.15, -0.1) is 0 Å². The molecule has 1 rings (SSSR count). The lowest BCUT2D eigenvalue weighted by molar-refractivity contribution is -0.140. The molecular weight excluding hydrogens is 218 g/mol. The summed E-state index contributed by atoms with van der Waals surface area (Å²) in [5.41, 5.74) is 2.07. The first kappa shape index (κ1) is 13.0. The summed E-state index contributed by atoms with van der Waals surface area (Å²) in [6.45, 7) is 1.86. The minimum absolute atomic E-state index is 0.118. The minimum atomic E-state index is -0.470. The van der Waals surface area contributed by atoms with Crippen LogP contribution in [0.4, 0.5) is 0 Å². The quantitative estimate of drug-likeness (QED) is 0.630. The van der Waals surface area contributed by atoms with Crippen LogP contribution in [0.1, 0.15) is 11.1 Å². The van der Waals surface area contributed by atoms with Crippen LogP contribution in [0.25, 0.3) is 6.08 Å². The number of amides is 1. The number of benzene rings is 1. The van der Waals surface area contributed by atoms with E-state index in [0.717, 1.165) is 11.1 Å². The van der Waals surface area contributed by atoms with Crippen LogP contribution >= 0.6 is 0 Å². The fraction of sp³-hybridized carbons (Fsp3) is 0.231. The van der Waals surface area contributed by atoms with E-state index in [4.69, 9.17) is 0 Å². The molecule has 0 spiro atoms. The number of carbonyl (C=O) groups excluding carboxylic acids is 2. The van der Waals surface area contributed by atoms with Crippen LogP contribution in [0, 0.1) is 6.92 Å². The molecule has 0 atom stereocenters. The third-order valence-electron chi connectivity index (χ3n) is 2.10. The van der Waals surface area contributed by atoms with E-state index in [1.54, 1.807) is 6.08 Å². The second-order valence-corrected chi connectivity index (χ2v) is 3.54. The van der Waals surface area contributed by atoms with Crippen molar-refractivity contribution < 1.29 is 14.3 Å². The number of ether oxygens (including phenoxy) is 1. The molecule has 0 aromatic heterocycles. The van der Waals surface area contributed by atoms with Gasteiger partial charge < -0.3 is 10.1 Å². The van der Waals surface area contributed by atoms with Crippen LogP contribution in [-0.2, 0) is 14.3 Å². The monoisotopic (exact) mass is 233 g/mol. The first-order valence-corrected chi connectivity index (χ1v) is 5.21. The van der Waals surface area contributed by atoms with E-state index in [1.165, 1.54) is 13.2 Å². The zero-order chi connectivity index (χ0) is 12.7. The minimum Gasteiger partial charge on any atom is -0.468 e. The Kier molecular flexibility index (Phi) is 4.94. The molecule has 0 unspecified atom stereocenters. The molecule has 90 valence electrons. The van der Waals surface area contributed by atoms with Gasteiger partial charge in [-0.2, -0.15) is 0 Å². The van der Waals surface area contributed by atoms with Crippen LogP contribution in [0.15, 0.2) is 30.3 Å². The third kappa shape index (κ3) is 4.97. The van der Waals surface area contributed by atoms with Crippen molar-refractivity contribution in [2.45, 2.75) is 6.92 Å². The average Bonchev–Trinajstić information content (AvgIpc) is 2.33. The van der Waals surface area contributed by atoms with Gasteiger partial charge in [0, 0.05) is 6.08 Å². The standard InChI is InChI=1S/C13H15NO3/c1-10-4-3-5-11(8-10)6-7-12(15)14-9-13(16)17-2/h3-8H,9H2,1-2H3,(H,14,15)/b7-6+. The Bertz CT molecular complexity index is 438. The van der Waals surface area contributed by atoms with E-state index in [2.05, 4.69) is 10.1 Å². The van der Waals surface area contributed by atoms with Gasteiger partial charge in [-0.1, -0.05) is 29.8 Å². The predicted octanol–water partition coefficient (Wildman–Crippen LogP) is 1.30. The molecule has 1 aromatic carbocycles. The Hall–Kier alpha value is -2.10. The zero-order valence-corrected chi connectivity index (χ0v) is 9.90. The van der Waals surface area contributed by atoms with E-state index in [-0.39, 0.29) is 12.5 Å². The van der Waals surface area contributed by atoms with Gasteiger partial charge in [-0.05, 0) is 18.6 Å². The fourth-order valence-corrected chi connectivity index (χ4v) is 1.24. The van der Waals surface area contributed by atoms with Crippen molar-refractivity contribution in [2.75, 3.05) is 13.7 Å². The van der Waals surface area contributed by atoms with E-state index in [9.17, 15) is 9.59 Å². The average molecular weight is 233 g/mol. The molecule has 0 fully saturated rings. The number of hydrogen-bond acceptors (Lipinski definition) is 3. The van der Waals surface area contributed by atoms with E-state index >= 15 is 0 Å². The third-order valence-corrected chi connectivity index (χ3v) is 2.10. The summed E-state index contributed by atoms with van der Waals surface area (Å²) in [5, 5.41) is 2.42. The maximum absolute atomic E-state index is 11.3. The molecule has 0 aliphatic carbocycles. The Balaban J connectivity index is 2.48. The first-order valence-electron chi connectivity index (χ1n) is 5.21. The molecule has 4 heteroatoms. The highest BCUT2D eigenvalue weighted by atomic mass is 16.5. The van der Waals surface area contributed by atoms with Crippen LogP contribution < -0.4 is 5.32 Å². The van der Waals surface area contributed by atoms with Crippen molar-refractivity contribution in [3.05, 3.63) is 41.5 Å². The summed E-state index contributed by atoms with van der Waals surface area (Å²) in [4.78, 5) is 22.1. The molecule has 0 aliphatic rings. The smallest absolute Gasteiger partial charge is 0.325 e. The molecule has 1 N–H and O–H groups in total. The predicted molar refractivity (Wildman–Crippen MR) is 65.2 cm³/mol. The highest BCUT2D eigenvalue weighted by Gasteiger charge is 2.01. The highest BCUT2D eigenvalue weighted by molar-refractivity contribution is 5.93.